The van der Waals surface area contributed by atoms with E-state index in [1.165, 1.54) is 18.4 Å². The molecule has 0 aliphatic heterocycles. The zero-order valence-electron chi connectivity index (χ0n) is 11.8. The van der Waals surface area contributed by atoms with Crippen LogP contribution in [0.4, 0.5) is 5.69 Å². The molecule has 0 saturated heterocycles. The molecule has 0 spiro atoms. The Morgan fingerprint density at radius 1 is 1.24 bits per heavy atom. The van der Waals surface area contributed by atoms with Crippen LogP contribution in [0.2, 0.25) is 5.02 Å². The van der Waals surface area contributed by atoms with Crippen molar-refractivity contribution in [3.63, 3.8) is 0 Å². The zero-order chi connectivity index (χ0) is 15.2. The van der Waals surface area contributed by atoms with Crippen molar-refractivity contribution in [3.05, 3.63) is 63.1 Å². The summed E-state index contributed by atoms with van der Waals surface area (Å²) in [7, 11) is 0. The predicted octanol–water partition coefficient (Wildman–Crippen LogP) is 5.70. The highest BCUT2D eigenvalue weighted by Gasteiger charge is 2.09. The number of anilines is 1. The fourth-order valence-electron chi connectivity index (χ4n) is 2.02. The highest BCUT2D eigenvalue weighted by Crippen LogP contribution is 2.25. The third-order valence-electron chi connectivity index (χ3n) is 3.19. The molecule has 0 saturated carbocycles. The fraction of sp³-hybridized carbons (Fsp3) is 0.235. The third-order valence-corrected chi connectivity index (χ3v) is 4.08. The zero-order valence-corrected chi connectivity index (χ0v) is 14.2. The van der Waals surface area contributed by atoms with E-state index < -0.39 is 0 Å². The van der Waals surface area contributed by atoms with Crippen LogP contribution in [0.25, 0.3) is 0 Å². The standard InChI is InChI=1S/C17H17BrClNO/c1-2-3-5-12-8-9-16(15(18)10-12)20-17(21)13-6-4-7-14(19)11-13/h4,6-11H,2-3,5H2,1H3,(H,20,21). The molecule has 2 nitrogen and oxygen atoms in total. The number of aryl methyl sites for hydroxylation is 1. The molecule has 1 amide bonds. The number of halogens is 2. The van der Waals surface area contributed by atoms with Crippen LogP contribution in [-0.4, -0.2) is 5.91 Å². The van der Waals surface area contributed by atoms with E-state index in [9.17, 15) is 4.79 Å². The second-order valence-electron chi connectivity index (χ2n) is 4.88. The number of hydrogen-bond donors (Lipinski definition) is 1. The second kappa shape index (κ2) is 7.62. The van der Waals surface area contributed by atoms with Crippen LogP contribution in [0.5, 0.6) is 0 Å². The quantitative estimate of drug-likeness (QED) is 0.723. The van der Waals surface area contributed by atoms with Gasteiger partial charge in [0.2, 0.25) is 0 Å². The lowest BCUT2D eigenvalue weighted by molar-refractivity contribution is 0.102. The number of carbonyl (C=O) groups is 1. The molecule has 110 valence electrons. The Labute approximate surface area is 138 Å². The smallest absolute Gasteiger partial charge is 0.255 e. The molecule has 0 atom stereocenters. The normalized spacial score (nSPS) is 10.4. The van der Waals surface area contributed by atoms with Crippen molar-refractivity contribution in [1.82, 2.24) is 0 Å². The SMILES string of the molecule is CCCCc1ccc(NC(=O)c2cccc(Cl)c2)c(Br)c1. The molecule has 2 aromatic carbocycles. The van der Waals surface area contributed by atoms with Crippen molar-refractivity contribution in [3.8, 4) is 0 Å². The van der Waals surface area contributed by atoms with Gasteiger partial charge in [-0.25, -0.2) is 0 Å². The lowest BCUT2D eigenvalue weighted by Crippen LogP contribution is -2.12. The maximum absolute atomic E-state index is 12.2. The number of rotatable bonds is 5. The molecule has 2 rings (SSSR count). The maximum Gasteiger partial charge on any atom is 0.255 e. The third kappa shape index (κ3) is 4.58. The predicted molar refractivity (Wildman–Crippen MR) is 92.2 cm³/mol. The van der Waals surface area contributed by atoms with Crippen LogP contribution in [-0.2, 0) is 6.42 Å². The van der Waals surface area contributed by atoms with Gasteiger partial charge >= 0.3 is 0 Å². The summed E-state index contributed by atoms with van der Waals surface area (Å²) in [5.74, 6) is -0.167. The van der Waals surface area contributed by atoms with Crippen LogP contribution in [0.1, 0.15) is 35.7 Å². The number of benzene rings is 2. The number of amides is 1. The Morgan fingerprint density at radius 3 is 2.71 bits per heavy atom. The van der Waals surface area contributed by atoms with Gasteiger partial charge in [-0.1, -0.05) is 37.1 Å². The lowest BCUT2D eigenvalue weighted by atomic mass is 10.1. The Morgan fingerprint density at radius 2 is 2.05 bits per heavy atom. The molecule has 0 fully saturated rings. The van der Waals surface area contributed by atoms with Crippen LogP contribution in [0.3, 0.4) is 0 Å². The van der Waals surface area contributed by atoms with E-state index in [1.807, 2.05) is 12.1 Å². The van der Waals surface area contributed by atoms with Crippen LogP contribution < -0.4 is 5.32 Å². The number of nitrogens with one attached hydrogen (secondary N) is 1. The van der Waals surface area contributed by atoms with Crippen molar-refractivity contribution >= 4 is 39.1 Å². The van der Waals surface area contributed by atoms with E-state index in [2.05, 4.69) is 34.2 Å². The average molecular weight is 367 g/mol. The molecule has 0 radical (unpaired) electrons. The van der Waals surface area contributed by atoms with Crippen molar-refractivity contribution in [2.45, 2.75) is 26.2 Å². The first-order valence-corrected chi connectivity index (χ1v) is 8.12. The van der Waals surface area contributed by atoms with E-state index >= 15 is 0 Å². The van der Waals surface area contributed by atoms with Crippen LogP contribution in [0.15, 0.2) is 46.9 Å². The Hall–Kier alpha value is -1.32. The minimum absolute atomic E-state index is 0.167. The monoisotopic (exact) mass is 365 g/mol. The molecule has 0 aromatic heterocycles. The van der Waals surface area contributed by atoms with Gasteiger partial charge in [0.05, 0.1) is 5.69 Å². The van der Waals surface area contributed by atoms with Gasteiger partial charge in [-0.3, -0.25) is 4.79 Å². The van der Waals surface area contributed by atoms with Gasteiger partial charge in [0, 0.05) is 15.1 Å². The van der Waals surface area contributed by atoms with E-state index in [-0.39, 0.29) is 5.91 Å². The van der Waals surface area contributed by atoms with Crippen molar-refractivity contribution in [2.24, 2.45) is 0 Å². The summed E-state index contributed by atoms with van der Waals surface area (Å²) in [6.45, 7) is 2.18. The van der Waals surface area contributed by atoms with E-state index in [1.54, 1.807) is 24.3 Å². The number of carbonyl (C=O) groups excluding carboxylic acids is 1. The Bertz CT molecular complexity index is 642. The van der Waals surface area contributed by atoms with Gasteiger partial charge in [-0.2, -0.15) is 0 Å². The van der Waals surface area contributed by atoms with Crippen LogP contribution in [0, 0.1) is 0 Å². The van der Waals surface area contributed by atoms with Crippen molar-refractivity contribution < 1.29 is 4.79 Å². The minimum Gasteiger partial charge on any atom is -0.321 e. The minimum atomic E-state index is -0.167. The van der Waals surface area contributed by atoms with Crippen LogP contribution >= 0.6 is 27.5 Å². The van der Waals surface area contributed by atoms with E-state index in [0.717, 1.165) is 16.6 Å². The highest BCUT2D eigenvalue weighted by atomic mass is 79.9. The lowest BCUT2D eigenvalue weighted by Gasteiger charge is -2.09. The van der Waals surface area contributed by atoms with Gasteiger partial charge in [-0.05, 0) is 64.7 Å². The molecule has 2 aromatic rings. The summed E-state index contributed by atoms with van der Waals surface area (Å²) in [6, 6.07) is 12.9. The highest BCUT2D eigenvalue weighted by molar-refractivity contribution is 9.10. The van der Waals surface area contributed by atoms with Gasteiger partial charge in [-0.15, -0.1) is 0 Å². The molecule has 0 aliphatic carbocycles. The topological polar surface area (TPSA) is 29.1 Å². The summed E-state index contributed by atoms with van der Waals surface area (Å²) >= 11 is 9.42. The van der Waals surface area contributed by atoms with Crippen molar-refractivity contribution in [1.29, 1.82) is 0 Å². The molecule has 0 unspecified atom stereocenters. The molecular weight excluding hydrogens is 350 g/mol. The Kier molecular flexibility index (Phi) is 5.83. The molecular formula is C17H17BrClNO. The summed E-state index contributed by atoms with van der Waals surface area (Å²) in [5.41, 5.74) is 2.58. The molecule has 0 aliphatic rings. The van der Waals surface area contributed by atoms with Gasteiger partial charge in [0.1, 0.15) is 0 Å². The second-order valence-corrected chi connectivity index (χ2v) is 6.17. The fourth-order valence-corrected chi connectivity index (χ4v) is 2.74. The first-order valence-electron chi connectivity index (χ1n) is 6.95. The van der Waals surface area contributed by atoms with Gasteiger partial charge in [0.25, 0.3) is 5.91 Å². The number of hydrogen-bond acceptors (Lipinski definition) is 1. The summed E-state index contributed by atoms with van der Waals surface area (Å²) in [6.07, 6.45) is 3.39. The summed E-state index contributed by atoms with van der Waals surface area (Å²) < 4.78 is 0.895. The molecule has 4 heteroatoms. The first-order chi connectivity index (χ1) is 10.1. The average Bonchev–Trinajstić information content (AvgIpc) is 2.47. The van der Waals surface area contributed by atoms with E-state index in [0.29, 0.717) is 10.6 Å². The molecule has 21 heavy (non-hydrogen) atoms. The van der Waals surface area contributed by atoms with Gasteiger partial charge < -0.3 is 5.32 Å². The van der Waals surface area contributed by atoms with Crippen molar-refractivity contribution in [2.75, 3.05) is 5.32 Å². The largest absolute Gasteiger partial charge is 0.321 e. The Balaban J connectivity index is 2.10. The number of unbranched alkanes of at least 4 members (excludes halogenated alkanes) is 1. The first kappa shape index (κ1) is 16.1. The molecule has 1 N–H and O–H groups in total. The molecule has 0 bridgehead atoms. The summed E-state index contributed by atoms with van der Waals surface area (Å²) in [5, 5.41) is 3.45. The maximum atomic E-state index is 12.2. The summed E-state index contributed by atoms with van der Waals surface area (Å²) in [4.78, 5) is 12.2. The molecule has 0 heterocycles. The van der Waals surface area contributed by atoms with Gasteiger partial charge in [0.15, 0.2) is 0 Å². The van der Waals surface area contributed by atoms with E-state index in [4.69, 9.17) is 11.6 Å².